The largest absolute Gasteiger partial charge is 0.359 e. The molecule has 0 radical (unpaired) electrons. The van der Waals surface area contributed by atoms with Crippen LogP contribution >= 0.6 is 11.3 Å². The van der Waals surface area contributed by atoms with Gasteiger partial charge in [-0.3, -0.25) is 4.79 Å². The van der Waals surface area contributed by atoms with Crippen molar-refractivity contribution in [2.24, 2.45) is 0 Å². The number of nitrogens with one attached hydrogen (secondary N) is 2. The van der Waals surface area contributed by atoms with Gasteiger partial charge in [0.2, 0.25) is 5.91 Å². The molecule has 0 saturated carbocycles. The predicted octanol–water partition coefficient (Wildman–Crippen LogP) is 1.53. The highest BCUT2D eigenvalue weighted by atomic mass is 32.1. The summed E-state index contributed by atoms with van der Waals surface area (Å²) in [4.78, 5) is 10.9. The molecule has 0 aliphatic rings. The Hall–Kier alpha value is -0.870. The van der Waals surface area contributed by atoms with E-state index in [2.05, 4.69) is 34.4 Å². The van der Waals surface area contributed by atoms with E-state index in [9.17, 15) is 4.79 Å². The first-order valence-corrected chi connectivity index (χ1v) is 5.64. The van der Waals surface area contributed by atoms with Crippen molar-refractivity contribution in [3.05, 3.63) is 22.4 Å². The summed E-state index contributed by atoms with van der Waals surface area (Å²) in [5, 5.41) is 10.1. The van der Waals surface area contributed by atoms with Crippen LogP contribution in [0.25, 0.3) is 0 Å². The van der Waals surface area contributed by atoms with Crippen molar-refractivity contribution in [2.45, 2.75) is 19.4 Å². The van der Waals surface area contributed by atoms with Crippen LogP contribution in [-0.2, 0) is 4.79 Å². The molecule has 1 rings (SSSR count). The quantitative estimate of drug-likeness (QED) is 0.777. The zero-order valence-electron chi connectivity index (χ0n) is 8.54. The lowest BCUT2D eigenvalue weighted by Gasteiger charge is -2.11. The van der Waals surface area contributed by atoms with Gasteiger partial charge in [-0.1, -0.05) is 0 Å². The Bertz CT molecular complexity index is 272. The number of amides is 1. The lowest BCUT2D eigenvalue weighted by Crippen LogP contribution is -2.26. The molecule has 0 aliphatic carbocycles. The summed E-state index contributed by atoms with van der Waals surface area (Å²) in [6.07, 6.45) is 0.533. The Morgan fingerprint density at radius 1 is 1.64 bits per heavy atom. The predicted molar refractivity (Wildman–Crippen MR) is 59.4 cm³/mol. The van der Waals surface area contributed by atoms with E-state index in [1.54, 1.807) is 18.4 Å². The summed E-state index contributed by atoms with van der Waals surface area (Å²) in [6, 6.07) is 2.42. The first-order valence-electron chi connectivity index (χ1n) is 4.70. The Balaban J connectivity index is 2.22. The molecule has 2 N–H and O–H groups in total. The molecule has 0 spiro atoms. The molecule has 1 unspecified atom stereocenters. The van der Waals surface area contributed by atoms with Gasteiger partial charge in [0.05, 0.1) is 0 Å². The molecule has 3 nitrogen and oxygen atoms in total. The van der Waals surface area contributed by atoms with Crippen molar-refractivity contribution >= 4 is 17.2 Å². The van der Waals surface area contributed by atoms with Crippen LogP contribution in [-0.4, -0.2) is 19.5 Å². The van der Waals surface area contributed by atoms with Gasteiger partial charge >= 0.3 is 0 Å². The molecular weight excluding hydrogens is 196 g/mol. The molecule has 78 valence electrons. The maximum Gasteiger partial charge on any atom is 0.221 e. The monoisotopic (exact) mass is 212 g/mol. The number of hydrogen-bond acceptors (Lipinski definition) is 3. The van der Waals surface area contributed by atoms with Crippen LogP contribution in [0.4, 0.5) is 0 Å². The van der Waals surface area contributed by atoms with Crippen molar-refractivity contribution in [1.82, 2.24) is 10.6 Å². The minimum atomic E-state index is 0.0787. The van der Waals surface area contributed by atoms with Gasteiger partial charge in [-0.25, -0.2) is 0 Å². The van der Waals surface area contributed by atoms with E-state index in [-0.39, 0.29) is 5.91 Å². The molecule has 0 bridgehead atoms. The molecular formula is C10H16N2OS. The zero-order valence-corrected chi connectivity index (χ0v) is 9.36. The van der Waals surface area contributed by atoms with Crippen LogP contribution in [0, 0.1) is 0 Å². The number of hydrogen-bond donors (Lipinski definition) is 2. The highest BCUT2D eigenvalue weighted by molar-refractivity contribution is 7.07. The van der Waals surface area contributed by atoms with Crippen LogP contribution in [0.1, 0.15) is 24.9 Å². The zero-order chi connectivity index (χ0) is 10.4. The molecule has 1 atom stereocenters. The van der Waals surface area contributed by atoms with Crippen molar-refractivity contribution < 1.29 is 4.79 Å². The van der Waals surface area contributed by atoms with Gasteiger partial charge in [0, 0.05) is 26.1 Å². The number of thiophene rings is 1. The van der Waals surface area contributed by atoms with Crippen LogP contribution in [0.15, 0.2) is 16.8 Å². The first-order chi connectivity index (χ1) is 6.74. The molecule has 0 aliphatic heterocycles. The summed E-state index contributed by atoms with van der Waals surface area (Å²) >= 11 is 1.69. The molecule has 1 amide bonds. The third-order valence-corrected chi connectivity index (χ3v) is 2.83. The highest BCUT2D eigenvalue weighted by Crippen LogP contribution is 2.14. The molecule has 14 heavy (non-hydrogen) atoms. The van der Waals surface area contributed by atoms with Crippen molar-refractivity contribution in [3.8, 4) is 0 Å². The van der Waals surface area contributed by atoms with Gasteiger partial charge < -0.3 is 10.6 Å². The molecule has 0 aromatic carbocycles. The van der Waals surface area contributed by atoms with Gasteiger partial charge in [0.25, 0.3) is 0 Å². The van der Waals surface area contributed by atoms with Gasteiger partial charge in [-0.15, -0.1) is 0 Å². The number of rotatable bonds is 5. The minimum Gasteiger partial charge on any atom is -0.359 e. The van der Waals surface area contributed by atoms with Crippen molar-refractivity contribution in [3.63, 3.8) is 0 Å². The summed E-state index contributed by atoms with van der Waals surface area (Å²) in [5.41, 5.74) is 1.28. The molecule has 0 fully saturated rings. The highest BCUT2D eigenvalue weighted by Gasteiger charge is 2.05. The minimum absolute atomic E-state index is 0.0787. The molecule has 4 heteroatoms. The lowest BCUT2D eigenvalue weighted by molar-refractivity contribution is -0.120. The fraction of sp³-hybridized carbons (Fsp3) is 0.500. The maximum absolute atomic E-state index is 10.9. The van der Waals surface area contributed by atoms with E-state index in [0.29, 0.717) is 12.5 Å². The second-order valence-electron chi connectivity index (χ2n) is 3.16. The van der Waals surface area contributed by atoms with E-state index in [0.717, 1.165) is 6.54 Å². The topological polar surface area (TPSA) is 41.1 Å². The third-order valence-electron chi connectivity index (χ3n) is 2.12. The second-order valence-corrected chi connectivity index (χ2v) is 3.94. The number of carbonyl (C=O) groups excluding carboxylic acids is 1. The average molecular weight is 212 g/mol. The second kappa shape index (κ2) is 5.78. The molecule has 1 aromatic rings. The fourth-order valence-electron chi connectivity index (χ4n) is 1.17. The van der Waals surface area contributed by atoms with Crippen LogP contribution in [0.5, 0.6) is 0 Å². The van der Waals surface area contributed by atoms with E-state index in [1.807, 2.05) is 0 Å². The summed E-state index contributed by atoms with van der Waals surface area (Å²) in [6.45, 7) is 2.82. The fourth-order valence-corrected chi connectivity index (χ4v) is 1.92. The molecule has 0 saturated heterocycles. The molecule has 1 aromatic heterocycles. The van der Waals surface area contributed by atoms with Crippen LogP contribution in [0.2, 0.25) is 0 Å². The number of carbonyl (C=O) groups is 1. The van der Waals surface area contributed by atoms with Gasteiger partial charge in [-0.05, 0) is 29.3 Å². The van der Waals surface area contributed by atoms with Crippen molar-refractivity contribution in [1.29, 1.82) is 0 Å². The Labute approximate surface area is 88.5 Å². The smallest absolute Gasteiger partial charge is 0.221 e. The Kier molecular flexibility index (Phi) is 4.62. The summed E-state index contributed by atoms with van der Waals surface area (Å²) in [5.74, 6) is 0.0787. The van der Waals surface area contributed by atoms with Gasteiger partial charge in [0.15, 0.2) is 0 Å². The third kappa shape index (κ3) is 3.47. The Morgan fingerprint density at radius 2 is 2.43 bits per heavy atom. The van der Waals surface area contributed by atoms with Crippen LogP contribution < -0.4 is 10.6 Å². The van der Waals surface area contributed by atoms with E-state index in [4.69, 9.17) is 0 Å². The van der Waals surface area contributed by atoms with E-state index in [1.165, 1.54) is 5.56 Å². The average Bonchev–Trinajstić information content (AvgIpc) is 2.70. The van der Waals surface area contributed by atoms with Crippen molar-refractivity contribution in [2.75, 3.05) is 13.6 Å². The SMILES string of the molecule is CNC(=O)CCNC(C)c1ccsc1. The van der Waals surface area contributed by atoms with Crippen LogP contribution in [0.3, 0.4) is 0 Å². The lowest BCUT2D eigenvalue weighted by atomic mass is 10.2. The van der Waals surface area contributed by atoms with Gasteiger partial charge in [-0.2, -0.15) is 11.3 Å². The van der Waals surface area contributed by atoms with Gasteiger partial charge in [0.1, 0.15) is 0 Å². The maximum atomic E-state index is 10.9. The summed E-state index contributed by atoms with van der Waals surface area (Å²) < 4.78 is 0. The first kappa shape index (κ1) is 11.2. The van der Waals surface area contributed by atoms with E-state index >= 15 is 0 Å². The molecule has 1 heterocycles. The standard InChI is InChI=1S/C10H16N2OS/c1-8(9-4-6-14-7-9)12-5-3-10(13)11-2/h4,6-8,12H,3,5H2,1-2H3,(H,11,13). The normalized spacial score (nSPS) is 12.4. The Morgan fingerprint density at radius 3 is 3.00 bits per heavy atom. The van der Waals surface area contributed by atoms with E-state index < -0.39 is 0 Å². The summed E-state index contributed by atoms with van der Waals surface area (Å²) in [7, 11) is 1.66.